The highest BCUT2D eigenvalue weighted by atomic mass is 16.5. The number of rotatable bonds is 7. The van der Waals surface area contributed by atoms with Crippen LogP contribution in [0.2, 0.25) is 0 Å². The summed E-state index contributed by atoms with van der Waals surface area (Å²) in [4.78, 5) is 0. The maximum absolute atomic E-state index is 5.25. The van der Waals surface area contributed by atoms with E-state index < -0.39 is 0 Å². The van der Waals surface area contributed by atoms with Gasteiger partial charge in [-0.1, -0.05) is 83.9 Å². The smallest absolute Gasteiger partial charge is 0.0465 e. The topological polar surface area (TPSA) is 9.23 Å². The standard InChI is InChI=1S/C27H30O/c1-20-10-7-13-23(18-20)25(15-5-6-17-28-4)26-16-9-12-22(3)27(26)24-14-8-11-21(2)19-24/h7-16,18-19H,5-6,17H2,1-4H3/b25-15-. The molecule has 0 aliphatic carbocycles. The minimum absolute atomic E-state index is 0.788. The summed E-state index contributed by atoms with van der Waals surface area (Å²) in [5.41, 5.74) is 10.4. The van der Waals surface area contributed by atoms with Gasteiger partial charge in [-0.25, -0.2) is 0 Å². The van der Waals surface area contributed by atoms with E-state index in [4.69, 9.17) is 4.74 Å². The Kier molecular flexibility index (Phi) is 6.84. The highest BCUT2D eigenvalue weighted by molar-refractivity contribution is 5.90. The number of benzene rings is 3. The molecule has 0 atom stereocenters. The van der Waals surface area contributed by atoms with Crippen LogP contribution < -0.4 is 0 Å². The Balaban J connectivity index is 2.16. The molecule has 3 rings (SSSR count). The van der Waals surface area contributed by atoms with Crippen LogP contribution in [0.5, 0.6) is 0 Å². The van der Waals surface area contributed by atoms with Gasteiger partial charge in [-0.3, -0.25) is 0 Å². The lowest BCUT2D eigenvalue weighted by Crippen LogP contribution is -1.96. The molecule has 0 aliphatic rings. The predicted octanol–water partition coefficient (Wildman–Crippen LogP) is 7.14. The quantitative estimate of drug-likeness (QED) is 0.402. The molecule has 0 N–H and O–H groups in total. The maximum Gasteiger partial charge on any atom is 0.0465 e. The Labute approximate surface area is 169 Å². The SMILES string of the molecule is COCCC/C=C(/c1cccc(C)c1)c1cccc(C)c1-c1cccc(C)c1. The molecule has 1 nitrogen and oxygen atoms in total. The molecule has 3 aromatic carbocycles. The number of allylic oxidation sites excluding steroid dienone is 1. The predicted molar refractivity (Wildman–Crippen MR) is 121 cm³/mol. The molecule has 0 saturated carbocycles. The van der Waals surface area contributed by atoms with Crippen LogP contribution in [0.4, 0.5) is 0 Å². The lowest BCUT2D eigenvalue weighted by molar-refractivity contribution is 0.196. The Morgan fingerprint density at radius 3 is 2.29 bits per heavy atom. The van der Waals surface area contributed by atoms with E-state index in [-0.39, 0.29) is 0 Å². The van der Waals surface area contributed by atoms with Crippen LogP contribution in [0, 0.1) is 20.8 Å². The van der Waals surface area contributed by atoms with Gasteiger partial charge in [0, 0.05) is 13.7 Å². The van der Waals surface area contributed by atoms with E-state index in [0.29, 0.717) is 0 Å². The Hall–Kier alpha value is -2.64. The van der Waals surface area contributed by atoms with Gasteiger partial charge in [0.05, 0.1) is 0 Å². The van der Waals surface area contributed by atoms with Crippen molar-refractivity contribution >= 4 is 5.57 Å². The summed E-state index contributed by atoms with van der Waals surface area (Å²) < 4.78 is 5.25. The van der Waals surface area contributed by atoms with Crippen LogP contribution >= 0.6 is 0 Å². The van der Waals surface area contributed by atoms with E-state index in [1.165, 1.54) is 44.5 Å². The molecule has 1 heteroatoms. The molecule has 28 heavy (non-hydrogen) atoms. The summed E-state index contributed by atoms with van der Waals surface area (Å²) in [6.07, 6.45) is 4.40. The highest BCUT2D eigenvalue weighted by Crippen LogP contribution is 2.36. The molecule has 0 saturated heterocycles. The minimum Gasteiger partial charge on any atom is -0.385 e. The summed E-state index contributed by atoms with van der Waals surface area (Å²) in [5, 5.41) is 0. The minimum atomic E-state index is 0.788. The second kappa shape index (κ2) is 9.52. The van der Waals surface area contributed by atoms with Gasteiger partial charge in [0.25, 0.3) is 0 Å². The number of hydrogen-bond acceptors (Lipinski definition) is 1. The molecule has 0 heterocycles. The van der Waals surface area contributed by atoms with Crippen molar-refractivity contribution in [2.75, 3.05) is 13.7 Å². The van der Waals surface area contributed by atoms with Crippen LogP contribution in [-0.2, 0) is 4.74 Å². The number of hydrogen-bond donors (Lipinski definition) is 0. The van der Waals surface area contributed by atoms with Crippen LogP contribution in [0.3, 0.4) is 0 Å². The summed E-state index contributed by atoms with van der Waals surface area (Å²) in [5.74, 6) is 0. The second-order valence-corrected chi connectivity index (χ2v) is 7.49. The normalized spacial score (nSPS) is 11.6. The van der Waals surface area contributed by atoms with E-state index in [0.717, 1.165) is 19.4 Å². The zero-order chi connectivity index (χ0) is 19.9. The van der Waals surface area contributed by atoms with Crippen molar-refractivity contribution < 1.29 is 4.74 Å². The van der Waals surface area contributed by atoms with E-state index in [2.05, 4.69) is 93.6 Å². The molecule has 144 valence electrons. The zero-order valence-electron chi connectivity index (χ0n) is 17.5. The molecule has 0 aliphatic heterocycles. The molecule has 0 spiro atoms. The zero-order valence-corrected chi connectivity index (χ0v) is 17.5. The first kappa shape index (κ1) is 20.1. The van der Waals surface area contributed by atoms with Gasteiger partial charge in [0.15, 0.2) is 0 Å². The third-order valence-corrected chi connectivity index (χ3v) is 5.10. The van der Waals surface area contributed by atoms with Crippen molar-refractivity contribution in [3.63, 3.8) is 0 Å². The molecular weight excluding hydrogens is 340 g/mol. The van der Waals surface area contributed by atoms with Gasteiger partial charge in [0.2, 0.25) is 0 Å². The van der Waals surface area contributed by atoms with Crippen molar-refractivity contribution in [1.82, 2.24) is 0 Å². The number of methoxy groups -OCH3 is 1. The van der Waals surface area contributed by atoms with Gasteiger partial charge < -0.3 is 4.74 Å². The van der Waals surface area contributed by atoms with Crippen LogP contribution in [0.1, 0.15) is 40.7 Å². The summed E-state index contributed by atoms with van der Waals surface area (Å²) in [6.45, 7) is 7.31. The monoisotopic (exact) mass is 370 g/mol. The average Bonchev–Trinajstić information content (AvgIpc) is 2.68. The van der Waals surface area contributed by atoms with E-state index in [9.17, 15) is 0 Å². The van der Waals surface area contributed by atoms with Crippen LogP contribution in [0.25, 0.3) is 16.7 Å². The third kappa shape index (κ3) is 4.79. The Morgan fingerprint density at radius 2 is 1.57 bits per heavy atom. The molecule has 0 fully saturated rings. The van der Waals surface area contributed by atoms with Gasteiger partial charge in [-0.15, -0.1) is 0 Å². The van der Waals surface area contributed by atoms with E-state index in [1.54, 1.807) is 7.11 Å². The van der Waals surface area contributed by atoms with Gasteiger partial charge >= 0.3 is 0 Å². The largest absolute Gasteiger partial charge is 0.385 e. The van der Waals surface area contributed by atoms with Gasteiger partial charge in [-0.2, -0.15) is 0 Å². The van der Waals surface area contributed by atoms with Crippen LogP contribution in [0.15, 0.2) is 72.8 Å². The third-order valence-electron chi connectivity index (χ3n) is 5.10. The van der Waals surface area contributed by atoms with Crippen molar-refractivity contribution in [2.24, 2.45) is 0 Å². The van der Waals surface area contributed by atoms with E-state index in [1.807, 2.05) is 0 Å². The number of unbranched alkanes of at least 4 members (excludes halogenated alkanes) is 1. The summed E-state index contributed by atoms with van der Waals surface area (Å²) >= 11 is 0. The van der Waals surface area contributed by atoms with Crippen LogP contribution in [-0.4, -0.2) is 13.7 Å². The average molecular weight is 371 g/mol. The Bertz CT molecular complexity index is 966. The Morgan fingerprint density at radius 1 is 0.857 bits per heavy atom. The first-order valence-corrected chi connectivity index (χ1v) is 10.0. The van der Waals surface area contributed by atoms with Crippen molar-refractivity contribution in [3.05, 3.63) is 101 Å². The molecule has 0 amide bonds. The van der Waals surface area contributed by atoms with Gasteiger partial charge in [-0.05, 0) is 67.0 Å². The second-order valence-electron chi connectivity index (χ2n) is 7.49. The molecule has 0 bridgehead atoms. The first-order valence-electron chi connectivity index (χ1n) is 10.0. The summed E-state index contributed by atoms with van der Waals surface area (Å²) in [6, 6.07) is 24.3. The molecule has 3 aromatic rings. The van der Waals surface area contributed by atoms with Gasteiger partial charge in [0.1, 0.15) is 0 Å². The lowest BCUT2D eigenvalue weighted by atomic mass is 9.86. The molecule has 0 radical (unpaired) electrons. The maximum atomic E-state index is 5.25. The van der Waals surface area contributed by atoms with Crippen molar-refractivity contribution in [3.8, 4) is 11.1 Å². The van der Waals surface area contributed by atoms with Crippen molar-refractivity contribution in [2.45, 2.75) is 33.6 Å². The first-order chi connectivity index (χ1) is 13.6. The molecule has 0 unspecified atom stereocenters. The fraction of sp³-hybridized carbons (Fsp3) is 0.259. The molecular formula is C27H30O. The number of ether oxygens (including phenoxy) is 1. The fourth-order valence-corrected chi connectivity index (χ4v) is 3.75. The highest BCUT2D eigenvalue weighted by Gasteiger charge is 2.14. The fourth-order valence-electron chi connectivity index (χ4n) is 3.75. The van der Waals surface area contributed by atoms with Crippen molar-refractivity contribution in [1.29, 1.82) is 0 Å². The molecule has 0 aromatic heterocycles. The number of aryl methyl sites for hydroxylation is 3. The van der Waals surface area contributed by atoms with E-state index >= 15 is 0 Å². The lowest BCUT2D eigenvalue weighted by Gasteiger charge is -2.18. The summed E-state index contributed by atoms with van der Waals surface area (Å²) in [7, 11) is 1.77.